The summed E-state index contributed by atoms with van der Waals surface area (Å²) in [7, 11) is -0.917. The number of aliphatic carboxylic acids is 1. The van der Waals surface area contributed by atoms with E-state index in [9.17, 15) is 9.00 Å². The van der Waals surface area contributed by atoms with Crippen LogP contribution in [0.15, 0.2) is 59.5 Å². The van der Waals surface area contributed by atoms with Crippen LogP contribution in [0, 0.1) is 0 Å². The standard InChI is InChI=1S/C18H20O3S/c19-18(20)14-16-11-9-15(10-12-16)6-4-5-13-22(21)17-7-2-1-3-8-17/h1-3,7-12H,4-6,13-14H2,(H,19,20). The summed E-state index contributed by atoms with van der Waals surface area (Å²) in [6.45, 7) is 0. The lowest BCUT2D eigenvalue weighted by atomic mass is 10.1. The molecule has 3 nitrogen and oxygen atoms in total. The summed E-state index contributed by atoms with van der Waals surface area (Å²) in [6, 6.07) is 17.2. The number of hydrogen-bond donors (Lipinski definition) is 1. The largest absolute Gasteiger partial charge is 0.481 e. The molecule has 0 radical (unpaired) electrons. The molecule has 0 saturated carbocycles. The average molecular weight is 316 g/mol. The number of rotatable bonds is 8. The van der Waals surface area contributed by atoms with Gasteiger partial charge in [-0.05, 0) is 42.5 Å². The average Bonchev–Trinajstić information content (AvgIpc) is 2.53. The maximum Gasteiger partial charge on any atom is 0.307 e. The number of benzene rings is 2. The van der Waals surface area contributed by atoms with E-state index < -0.39 is 16.8 Å². The quantitative estimate of drug-likeness (QED) is 0.759. The summed E-state index contributed by atoms with van der Waals surface area (Å²) in [6.07, 6.45) is 2.89. The van der Waals surface area contributed by atoms with E-state index >= 15 is 0 Å². The van der Waals surface area contributed by atoms with Crippen molar-refractivity contribution < 1.29 is 14.1 Å². The number of carboxylic acid groups (broad SMARTS) is 1. The molecule has 2 rings (SSSR count). The lowest BCUT2D eigenvalue weighted by Crippen LogP contribution is -2.00. The van der Waals surface area contributed by atoms with E-state index in [-0.39, 0.29) is 6.42 Å². The Morgan fingerprint density at radius 1 is 0.909 bits per heavy atom. The van der Waals surface area contributed by atoms with E-state index in [1.54, 1.807) is 0 Å². The predicted molar refractivity (Wildman–Crippen MR) is 88.4 cm³/mol. The Balaban J connectivity index is 1.72. The molecule has 1 N–H and O–H groups in total. The van der Waals surface area contributed by atoms with Crippen LogP contribution in [0.2, 0.25) is 0 Å². The third-order valence-electron chi connectivity index (χ3n) is 3.43. The third kappa shape index (κ3) is 5.45. The van der Waals surface area contributed by atoms with Gasteiger partial charge in [0, 0.05) is 10.6 Å². The maximum absolute atomic E-state index is 12.1. The Hall–Kier alpha value is -1.94. The highest BCUT2D eigenvalue weighted by Gasteiger charge is 2.03. The minimum absolute atomic E-state index is 0.0658. The van der Waals surface area contributed by atoms with Gasteiger partial charge in [0.1, 0.15) is 0 Å². The molecule has 0 aliphatic rings. The molecule has 0 saturated heterocycles. The molecule has 2 aromatic carbocycles. The summed E-state index contributed by atoms with van der Waals surface area (Å²) in [4.78, 5) is 11.5. The summed E-state index contributed by atoms with van der Waals surface area (Å²) in [5, 5.41) is 8.73. The Morgan fingerprint density at radius 2 is 1.55 bits per heavy atom. The first kappa shape index (κ1) is 16.4. The lowest BCUT2D eigenvalue weighted by molar-refractivity contribution is -0.136. The first-order valence-corrected chi connectivity index (χ1v) is 8.70. The van der Waals surface area contributed by atoms with E-state index in [1.807, 2.05) is 54.6 Å². The van der Waals surface area contributed by atoms with Crippen LogP contribution in [0.1, 0.15) is 24.0 Å². The number of aryl methyl sites for hydroxylation is 1. The van der Waals surface area contributed by atoms with Crippen molar-refractivity contribution in [3.05, 3.63) is 65.7 Å². The molecule has 2 aromatic rings. The van der Waals surface area contributed by atoms with Crippen molar-refractivity contribution in [2.45, 2.75) is 30.6 Å². The van der Waals surface area contributed by atoms with Crippen molar-refractivity contribution in [2.24, 2.45) is 0 Å². The highest BCUT2D eigenvalue weighted by atomic mass is 32.2. The zero-order valence-corrected chi connectivity index (χ0v) is 13.2. The Labute approximate surface area is 133 Å². The molecule has 1 unspecified atom stereocenters. The van der Waals surface area contributed by atoms with Crippen LogP contribution in [0.25, 0.3) is 0 Å². The minimum Gasteiger partial charge on any atom is -0.481 e. The number of hydrogen-bond acceptors (Lipinski definition) is 2. The van der Waals surface area contributed by atoms with E-state index in [0.29, 0.717) is 5.75 Å². The maximum atomic E-state index is 12.1. The van der Waals surface area contributed by atoms with Gasteiger partial charge in [0.25, 0.3) is 0 Å². The highest BCUT2D eigenvalue weighted by Crippen LogP contribution is 2.11. The van der Waals surface area contributed by atoms with Gasteiger partial charge < -0.3 is 5.11 Å². The van der Waals surface area contributed by atoms with Crippen LogP contribution in [0.3, 0.4) is 0 Å². The number of unbranched alkanes of at least 4 members (excludes halogenated alkanes) is 1. The minimum atomic E-state index is -0.917. The fourth-order valence-electron chi connectivity index (χ4n) is 2.25. The second-order valence-corrected chi connectivity index (χ2v) is 6.78. The fourth-order valence-corrected chi connectivity index (χ4v) is 3.41. The molecule has 4 heteroatoms. The first-order valence-electron chi connectivity index (χ1n) is 7.38. The second-order valence-electron chi connectivity index (χ2n) is 5.21. The van der Waals surface area contributed by atoms with Crippen molar-refractivity contribution in [1.82, 2.24) is 0 Å². The summed E-state index contributed by atoms with van der Waals surface area (Å²) in [5.41, 5.74) is 2.01. The summed E-state index contributed by atoms with van der Waals surface area (Å²) < 4.78 is 12.1. The van der Waals surface area contributed by atoms with E-state index in [2.05, 4.69) is 0 Å². The lowest BCUT2D eigenvalue weighted by Gasteiger charge is -2.04. The molecule has 0 aliphatic carbocycles. The number of carboxylic acids is 1. The molecule has 0 aliphatic heterocycles. The third-order valence-corrected chi connectivity index (χ3v) is 4.89. The molecule has 0 heterocycles. The first-order chi connectivity index (χ1) is 10.6. The highest BCUT2D eigenvalue weighted by molar-refractivity contribution is 7.85. The van der Waals surface area contributed by atoms with Crippen LogP contribution in [-0.2, 0) is 28.4 Å². The van der Waals surface area contributed by atoms with Gasteiger partial charge >= 0.3 is 5.97 Å². The van der Waals surface area contributed by atoms with Gasteiger partial charge in [-0.15, -0.1) is 0 Å². The van der Waals surface area contributed by atoms with Gasteiger partial charge in [0.15, 0.2) is 0 Å². The number of carbonyl (C=O) groups is 1. The molecule has 0 spiro atoms. The smallest absolute Gasteiger partial charge is 0.307 e. The van der Waals surface area contributed by atoms with Gasteiger partial charge in [-0.2, -0.15) is 0 Å². The molecule has 22 heavy (non-hydrogen) atoms. The van der Waals surface area contributed by atoms with E-state index in [1.165, 1.54) is 5.56 Å². The Morgan fingerprint density at radius 3 is 2.18 bits per heavy atom. The van der Waals surface area contributed by atoms with Gasteiger partial charge in [-0.25, -0.2) is 0 Å². The van der Waals surface area contributed by atoms with Crippen molar-refractivity contribution in [2.75, 3.05) is 5.75 Å². The van der Waals surface area contributed by atoms with Crippen LogP contribution in [0.5, 0.6) is 0 Å². The van der Waals surface area contributed by atoms with Gasteiger partial charge in [0.2, 0.25) is 0 Å². The molecular weight excluding hydrogens is 296 g/mol. The normalized spacial score (nSPS) is 12.0. The molecule has 0 bridgehead atoms. The van der Waals surface area contributed by atoms with Gasteiger partial charge in [0.05, 0.1) is 17.2 Å². The van der Waals surface area contributed by atoms with Crippen molar-refractivity contribution >= 4 is 16.8 Å². The summed E-state index contributed by atoms with van der Waals surface area (Å²) in [5.74, 6) is -0.127. The van der Waals surface area contributed by atoms with E-state index in [4.69, 9.17) is 5.11 Å². The van der Waals surface area contributed by atoms with Crippen LogP contribution in [0.4, 0.5) is 0 Å². The molecule has 116 valence electrons. The topological polar surface area (TPSA) is 54.4 Å². The second kappa shape index (κ2) is 8.49. The fraction of sp³-hybridized carbons (Fsp3) is 0.278. The monoisotopic (exact) mass is 316 g/mol. The van der Waals surface area contributed by atoms with Gasteiger partial charge in [-0.3, -0.25) is 9.00 Å². The summed E-state index contributed by atoms with van der Waals surface area (Å²) >= 11 is 0. The zero-order chi connectivity index (χ0) is 15.8. The van der Waals surface area contributed by atoms with Crippen molar-refractivity contribution in [3.63, 3.8) is 0 Å². The predicted octanol–water partition coefficient (Wildman–Crippen LogP) is 3.44. The van der Waals surface area contributed by atoms with Gasteiger partial charge in [-0.1, -0.05) is 42.5 Å². The molecule has 1 atom stereocenters. The van der Waals surface area contributed by atoms with Crippen molar-refractivity contribution in [1.29, 1.82) is 0 Å². The molecular formula is C18H20O3S. The zero-order valence-electron chi connectivity index (χ0n) is 12.4. The molecule has 0 aromatic heterocycles. The Kier molecular flexibility index (Phi) is 6.34. The van der Waals surface area contributed by atoms with E-state index in [0.717, 1.165) is 29.7 Å². The molecule has 0 fully saturated rings. The SMILES string of the molecule is O=C(O)Cc1ccc(CCCCS(=O)c2ccccc2)cc1. The molecule has 0 amide bonds. The van der Waals surface area contributed by atoms with Crippen molar-refractivity contribution in [3.8, 4) is 0 Å². The van der Waals surface area contributed by atoms with Crippen LogP contribution in [-0.4, -0.2) is 21.0 Å². The van der Waals surface area contributed by atoms with Crippen LogP contribution >= 0.6 is 0 Å². The van der Waals surface area contributed by atoms with Crippen LogP contribution < -0.4 is 0 Å². The Bertz CT molecular complexity index is 621.